The van der Waals surface area contributed by atoms with Crippen molar-refractivity contribution in [2.45, 2.75) is 6.18 Å². The van der Waals surface area contributed by atoms with Crippen molar-refractivity contribution in [2.75, 3.05) is 19.0 Å². The van der Waals surface area contributed by atoms with E-state index < -0.39 is 17.7 Å². The predicted octanol–water partition coefficient (Wildman–Crippen LogP) is 3.08. The normalized spacial score (nSPS) is 11.8. The van der Waals surface area contributed by atoms with E-state index >= 15 is 0 Å². The van der Waals surface area contributed by atoms with Gasteiger partial charge in [-0.1, -0.05) is 0 Å². The Kier molecular flexibility index (Phi) is 3.13. The van der Waals surface area contributed by atoms with Crippen LogP contribution in [0.25, 0.3) is 10.2 Å². The zero-order valence-electron chi connectivity index (χ0n) is 9.95. The van der Waals surface area contributed by atoms with Crippen LogP contribution in [0.3, 0.4) is 0 Å². The maximum atomic E-state index is 13.0. The number of carbonyl (C=O) groups is 1. The predicted molar refractivity (Wildman–Crippen MR) is 65.9 cm³/mol. The van der Waals surface area contributed by atoms with Gasteiger partial charge in [-0.2, -0.15) is 13.2 Å². The lowest BCUT2D eigenvalue weighted by Crippen LogP contribution is -2.14. The van der Waals surface area contributed by atoms with E-state index in [2.05, 4.69) is 4.98 Å². The molecule has 2 aromatic rings. The van der Waals surface area contributed by atoms with Crippen molar-refractivity contribution < 1.29 is 23.1 Å². The molecule has 0 radical (unpaired) electrons. The van der Waals surface area contributed by atoms with E-state index in [0.717, 1.165) is 23.6 Å². The van der Waals surface area contributed by atoms with Crippen molar-refractivity contribution in [3.05, 3.63) is 22.7 Å². The highest BCUT2D eigenvalue weighted by molar-refractivity contribution is 7.21. The van der Waals surface area contributed by atoms with E-state index in [4.69, 9.17) is 5.11 Å². The monoisotopic (exact) mass is 290 g/mol. The van der Waals surface area contributed by atoms with Gasteiger partial charge in [-0.15, -0.1) is 11.3 Å². The van der Waals surface area contributed by atoms with Crippen molar-refractivity contribution in [3.8, 4) is 0 Å². The third kappa shape index (κ3) is 2.23. The lowest BCUT2D eigenvalue weighted by molar-refractivity contribution is -0.136. The van der Waals surface area contributed by atoms with Crippen LogP contribution in [0.15, 0.2) is 12.3 Å². The van der Waals surface area contributed by atoms with Gasteiger partial charge in [0.2, 0.25) is 0 Å². The summed E-state index contributed by atoms with van der Waals surface area (Å²) in [6.07, 6.45) is -3.52. The minimum Gasteiger partial charge on any atom is -0.477 e. The van der Waals surface area contributed by atoms with Gasteiger partial charge in [0.05, 0.1) is 11.3 Å². The van der Waals surface area contributed by atoms with Crippen molar-refractivity contribution >= 4 is 33.2 Å². The maximum Gasteiger partial charge on any atom is 0.417 e. The van der Waals surface area contributed by atoms with E-state index in [-0.39, 0.29) is 20.8 Å². The maximum absolute atomic E-state index is 13.0. The smallest absolute Gasteiger partial charge is 0.417 e. The number of carboxylic acids is 1. The highest BCUT2D eigenvalue weighted by Crippen LogP contribution is 2.43. The molecule has 0 atom stereocenters. The topological polar surface area (TPSA) is 53.4 Å². The first-order valence-electron chi connectivity index (χ1n) is 5.12. The molecular formula is C11H9F3N2O2S. The average Bonchev–Trinajstić information content (AvgIpc) is 2.66. The quantitative estimate of drug-likeness (QED) is 0.923. The minimum atomic E-state index is -4.55. The molecule has 2 heterocycles. The molecule has 19 heavy (non-hydrogen) atoms. The van der Waals surface area contributed by atoms with E-state index in [1.54, 1.807) is 0 Å². The van der Waals surface area contributed by atoms with Crippen LogP contribution in [-0.2, 0) is 6.18 Å². The van der Waals surface area contributed by atoms with Gasteiger partial charge in [0.25, 0.3) is 0 Å². The number of pyridine rings is 1. The summed E-state index contributed by atoms with van der Waals surface area (Å²) in [4.78, 5) is 16.2. The summed E-state index contributed by atoms with van der Waals surface area (Å²) in [6.45, 7) is 0. The van der Waals surface area contributed by atoms with Gasteiger partial charge in [-0.05, 0) is 6.07 Å². The van der Waals surface area contributed by atoms with E-state index in [0.29, 0.717) is 0 Å². The number of halogens is 3. The van der Waals surface area contributed by atoms with Gasteiger partial charge in [-0.25, -0.2) is 9.78 Å². The molecule has 0 fully saturated rings. The zero-order valence-corrected chi connectivity index (χ0v) is 10.8. The zero-order chi connectivity index (χ0) is 14.4. The average molecular weight is 290 g/mol. The number of nitrogens with zero attached hydrogens (tertiary/aromatic N) is 2. The molecule has 0 aliphatic rings. The lowest BCUT2D eigenvalue weighted by atomic mass is 10.1. The van der Waals surface area contributed by atoms with Crippen molar-refractivity contribution in [1.82, 2.24) is 4.98 Å². The van der Waals surface area contributed by atoms with Crippen LogP contribution in [0.4, 0.5) is 18.9 Å². The number of aromatic nitrogens is 1. The Morgan fingerprint density at radius 3 is 2.53 bits per heavy atom. The molecule has 0 aliphatic carbocycles. The molecule has 2 rings (SSSR count). The molecule has 102 valence electrons. The third-order valence-corrected chi connectivity index (χ3v) is 3.59. The van der Waals surface area contributed by atoms with Crippen LogP contribution in [0.2, 0.25) is 0 Å². The van der Waals surface area contributed by atoms with Crippen LogP contribution in [-0.4, -0.2) is 30.2 Å². The second-order valence-corrected chi connectivity index (χ2v) is 5.01. The Bertz CT molecular complexity index is 649. The summed E-state index contributed by atoms with van der Waals surface area (Å²) in [6, 6.07) is 0.855. The Balaban J connectivity index is 2.92. The van der Waals surface area contributed by atoms with Gasteiger partial charge in [0.15, 0.2) is 0 Å². The van der Waals surface area contributed by atoms with Crippen molar-refractivity contribution in [2.24, 2.45) is 0 Å². The molecule has 0 unspecified atom stereocenters. The molecule has 0 aromatic carbocycles. The number of fused-ring (bicyclic) bond motifs is 1. The van der Waals surface area contributed by atoms with Crippen LogP contribution >= 0.6 is 11.3 Å². The number of alkyl halides is 3. The molecule has 0 aliphatic heterocycles. The SMILES string of the molecule is CN(C)c1c(C(=O)O)sc2nccc(C(F)(F)F)c12. The summed E-state index contributed by atoms with van der Waals surface area (Å²) in [5.41, 5.74) is -0.835. The second kappa shape index (κ2) is 4.37. The second-order valence-electron chi connectivity index (χ2n) is 4.02. The number of carboxylic acid groups (broad SMARTS) is 1. The fourth-order valence-corrected chi connectivity index (χ4v) is 2.90. The largest absolute Gasteiger partial charge is 0.477 e. The lowest BCUT2D eigenvalue weighted by Gasteiger charge is -2.15. The number of aromatic carboxylic acids is 1. The highest BCUT2D eigenvalue weighted by Gasteiger charge is 2.36. The van der Waals surface area contributed by atoms with Crippen LogP contribution < -0.4 is 4.90 Å². The van der Waals surface area contributed by atoms with Gasteiger partial charge >= 0.3 is 12.1 Å². The van der Waals surface area contributed by atoms with Gasteiger partial charge < -0.3 is 10.0 Å². The first-order chi connectivity index (χ1) is 8.73. The summed E-state index contributed by atoms with van der Waals surface area (Å²) >= 11 is 0.738. The van der Waals surface area contributed by atoms with E-state index in [9.17, 15) is 18.0 Å². The molecule has 0 bridgehead atoms. The Morgan fingerprint density at radius 2 is 2.05 bits per heavy atom. The van der Waals surface area contributed by atoms with Crippen LogP contribution in [0.1, 0.15) is 15.2 Å². The van der Waals surface area contributed by atoms with Gasteiger partial charge in [-0.3, -0.25) is 0 Å². The fraction of sp³-hybridized carbons (Fsp3) is 0.273. The Labute approximate surface area is 110 Å². The molecular weight excluding hydrogens is 281 g/mol. The molecule has 1 N–H and O–H groups in total. The Morgan fingerprint density at radius 1 is 1.42 bits per heavy atom. The number of thiophene rings is 1. The third-order valence-electron chi connectivity index (χ3n) is 2.51. The van der Waals surface area contributed by atoms with E-state index in [1.165, 1.54) is 19.0 Å². The summed E-state index contributed by atoms with van der Waals surface area (Å²) in [7, 11) is 3.00. The van der Waals surface area contributed by atoms with Crippen LogP contribution in [0, 0.1) is 0 Å². The molecule has 2 aromatic heterocycles. The number of rotatable bonds is 2. The summed E-state index contributed by atoms with van der Waals surface area (Å²) in [5.74, 6) is -1.26. The first-order valence-corrected chi connectivity index (χ1v) is 5.94. The molecule has 0 amide bonds. The molecule has 0 saturated carbocycles. The minimum absolute atomic E-state index is 0.0351. The highest BCUT2D eigenvalue weighted by atomic mass is 32.1. The van der Waals surface area contributed by atoms with Gasteiger partial charge in [0.1, 0.15) is 9.71 Å². The molecule has 0 saturated heterocycles. The molecule has 8 heteroatoms. The van der Waals surface area contributed by atoms with Crippen molar-refractivity contribution in [3.63, 3.8) is 0 Å². The van der Waals surface area contributed by atoms with Gasteiger partial charge in [0, 0.05) is 25.7 Å². The number of hydrogen-bond donors (Lipinski definition) is 1. The number of anilines is 1. The Hall–Kier alpha value is -1.83. The van der Waals surface area contributed by atoms with E-state index in [1.807, 2.05) is 0 Å². The molecule has 0 spiro atoms. The first kappa shape index (κ1) is 13.6. The standard InChI is InChI=1S/C11H9F3N2O2S/c1-16(2)7-6-5(11(12,13)14)3-4-15-9(6)19-8(7)10(17)18/h3-4H,1-2H3,(H,17,18). The van der Waals surface area contributed by atoms with Crippen LogP contribution in [0.5, 0.6) is 0 Å². The summed E-state index contributed by atoms with van der Waals surface area (Å²) < 4.78 is 38.9. The molecule has 4 nitrogen and oxygen atoms in total. The van der Waals surface area contributed by atoms with Crippen molar-refractivity contribution in [1.29, 1.82) is 0 Å². The summed E-state index contributed by atoms with van der Waals surface area (Å²) in [5, 5.41) is 8.92. The fourth-order valence-electron chi connectivity index (χ4n) is 1.82. The number of hydrogen-bond acceptors (Lipinski definition) is 4.